The minimum absolute atomic E-state index is 0.287. The average Bonchev–Trinajstić information content (AvgIpc) is 2.54. The lowest BCUT2D eigenvalue weighted by atomic mass is 10.1. The molecule has 0 spiro atoms. The zero-order chi connectivity index (χ0) is 9.42. The second-order valence-electron chi connectivity index (χ2n) is 2.74. The molecule has 0 bridgehead atoms. The van der Waals surface area contributed by atoms with E-state index >= 15 is 0 Å². The quantitative estimate of drug-likeness (QED) is 0.773. The Kier molecular flexibility index (Phi) is 2.39. The minimum Gasteiger partial charge on any atom is -0.454 e. The highest BCUT2D eigenvalue weighted by Crippen LogP contribution is 2.43. The molecule has 1 aromatic rings. The lowest BCUT2D eigenvalue weighted by Gasteiger charge is -2.07. The van der Waals surface area contributed by atoms with Crippen LogP contribution in [0.15, 0.2) is 10.5 Å². The summed E-state index contributed by atoms with van der Waals surface area (Å²) >= 11 is 9.42. The van der Waals surface area contributed by atoms with E-state index in [4.69, 9.17) is 21.1 Å². The number of hydrogen-bond donors (Lipinski definition) is 0. The Bertz CT molecular complexity index is 352. The summed E-state index contributed by atoms with van der Waals surface area (Å²) in [5, 5.41) is 0.668. The molecule has 2 rings (SSSR count). The van der Waals surface area contributed by atoms with E-state index in [1.54, 1.807) is 6.07 Å². The van der Waals surface area contributed by atoms with Gasteiger partial charge in [0.1, 0.15) is 0 Å². The van der Waals surface area contributed by atoms with Crippen molar-refractivity contribution in [2.75, 3.05) is 6.79 Å². The zero-order valence-corrected chi connectivity index (χ0v) is 9.41. The maximum Gasteiger partial charge on any atom is 0.231 e. The van der Waals surface area contributed by atoms with E-state index in [1.165, 1.54) is 0 Å². The summed E-state index contributed by atoms with van der Waals surface area (Å²) in [4.78, 5) is 0. The van der Waals surface area contributed by atoms with Crippen LogP contribution in [0.5, 0.6) is 11.5 Å². The molecule has 4 heteroatoms. The average molecular weight is 264 g/mol. The molecule has 0 unspecified atom stereocenters. The second kappa shape index (κ2) is 3.39. The van der Waals surface area contributed by atoms with Crippen LogP contribution in [-0.4, -0.2) is 6.79 Å². The summed E-state index contributed by atoms with van der Waals surface area (Å²) in [7, 11) is 0. The number of benzene rings is 1. The summed E-state index contributed by atoms with van der Waals surface area (Å²) in [5.74, 6) is 1.56. The van der Waals surface area contributed by atoms with Crippen molar-refractivity contribution >= 4 is 27.5 Å². The van der Waals surface area contributed by atoms with Gasteiger partial charge in [0.25, 0.3) is 0 Å². The van der Waals surface area contributed by atoms with Gasteiger partial charge in [-0.1, -0.05) is 18.5 Å². The molecule has 0 saturated carbocycles. The summed E-state index contributed by atoms with van der Waals surface area (Å²) in [6, 6.07) is 1.77. The first-order valence-electron chi connectivity index (χ1n) is 4.00. The second-order valence-corrected chi connectivity index (χ2v) is 3.94. The lowest BCUT2D eigenvalue weighted by molar-refractivity contribution is 0.173. The molecule has 2 nitrogen and oxygen atoms in total. The summed E-state index contributed by atoms with van der Waals surface area (Å²) in [5.41, 5.74) is 1.07. The van der Waals surface area contributed by atoms with E-state index < -0.39 is 0 Å². The van der Waals surface area contributed by atoms with Gasteiger partial charge >= 0.3 is 0 Å². The van der Waals surface area contributed by atoms with Crippen molar-refractivity contribution in [2.45, 2.75) is 13.3 Å². The van der Waals surface area contributed by atoms with Crippen LogP contribution >= 0.6 is 27.5 Å². The van der Waals surface area contributed by atoms with Crippen LogP contribution in [0.3, 0.4) is 0 Å². The Hall–Kier alpha value is -0.410. The molecule has 1 aromatic carbocycles. The van der Waals surface area contributed by atoms with Crippen LogP contribution in [0.2, 0.25) is 5.02 Å². The highest BCUT2D eigenvalue weighted by Gasteiger charge is 2.21. The Balaban J connectivity index is 2.64. The first kappa shape index (κ1) is 9.16. The molecule has 0 aromatic heterocycles. The first-order valence-corrected chi connectivity index (χ1v) is 5.17. The Morgan fingerprint density at radius 2 is 2.31 bits per heavy atom. The number of halogens is 2. The number of rotatable bonds is 1. The molecule has 1 aliphatic heterocycles. The molecule has 1 aliphatic rings. The summed E-state index contributed by atoms with van der Waals surface area (Å²) in [6.45, 7) is 2.34. The van der Waals surface area contributed by atoms with Gasteiger partial charge in [-0.2, -0.15) is 0 Å². The normalized spacial score (nSPS) is 13.5. The van der Waals surface area contributed by atoms with Crippen LogP contribution in [0.1, 0.15) is 12.5 Å². The Morgan fingerprint density at radius 3 is 3.00 bits per heavy atom. The van der Waals surface area contributed by atoms with E-state index in [0.717, 1.165) is 28.0 Å². The van der Waals surface area contributed by atoms with Crippen LogP contribution in [0.25, 0.3) is 0 Å². The van der Waals surface area contributed by atoms with Gasteiger partial charge in [-0.05, 0) is 22.4 Å². The van der Waals surface area contributed by atoms with Crippen molar-refractivity contribution in [3.05, 3.63) is 21.1 Å². The Labute approximate surface area is 89.9 Å². The SMILES string of the molecule is CCc1c(Br)c(Cl)cc2c1OCO2. The topological polar surface area (TPSA) is 18.5 Å². The molecular weight excluding hydrogens is 255 g/mol. The third kappa shape index (κ3) is 1.40. The van der Waals surface area contributed by atoms with Crippen LogP contribution < -0.4 is 9.47 Å². The van der Waals surface area contributed by atoms with Crippen molar-refractivity contribution in [1.82, 2.24) is 0 Å². The molecular formula is C9H8BrClO2. The fraction of sp³-hybridized carbons (Fsp3) is 0.333. The number of hydrogen-bond acceptors (Lipinski definition) is 2. The first-order chi connectivity index (χ1) is 6.24. The monoisotopic (exact) mass is 262 g/mol. The van der Waals surface area contributed by atoms with Crippen molar-refractivity contribution in [1.29, 1.82) is 0 Å². The molecule has 0 saturated heterocycles. The maximum absolute atomic E-state index is 5.99. The van der Waals surface area contributed by atoms with Crippen molar-refractivity contribution in [3.8, 4) is 11.5 Å². The van der Waals surface area contributed by atoms with Gasteiger partial charge in [-0.25, -0.2) is 0 Å². The molecule has 0 atom stereocenters. The summed E-state index contributed by atoms with van der Waals surface area (Å²) in [6.07, 6.45) is 0.868. The smallest absolute Gasteiger partial charge is 0.231 e. The van der Waals surface area contributed by atoms with Gasteiger partial charge in [-0.3, -0.25) is 0 Å². The largest absolute Gasteiger partial charge is 0.454 e. The van der Waals surface area contributed by atoms with Crippen LogP contribution in [-0.2, 0) is 6.42 Å². The molecule has 0 N–H and O–H groups in total. The van der Waals surface area contributed by atoms with Gasteiger partial charge in [0, 0.05) is 16.1 Å². The van der Waals surface area contributed by atoms with Gasteiger partial charge in [-0.15, -0.1) is 0 Å². The molecule has 13 heavy (non-hydrogen) atoms. The molecule has 0 amide bonds. The molecule has 0 aliphatic carbocycles. The van der Waals surface area contributed by atoms with E-state index in [-0.39, 0.29) is 6.79 Å². The van der Waals surface area contributed by atoms with Crippen LogP contribution in [0.4, 0.5) is 0 Å². The predicted molar refractivity (Wildman–Crippen MR) is 54.7 cm³/mol. The van der Waals surface area contributed by atoms with Gasteiger partial charge in [0.05, 0.1) is 5.02 Å². The molecule has 0 fully saturated rings. The fourth-order valence-corrected chi connectivity index (χ4v) is 2.16. The molecule has 0 radical (unpaired) electrons. The highest BCUT2D eigenvalue weighted by atomic mass is 79.9. The van der Waals surface area contributed by atoms with Gasteiger partial charge in [0.2, 0.25) is 6.79 Å². The summed E-state index contributed by atoms with van der Waals surface area (Å²) < 4.78 is 11.5. The number of fused-ring (bicyclic) bond motifs is 1. The van der Waals surface area contributed by atoms with Crippen LogP contribution in [0, 0.1) is 0 Å². The highest BCUT2D eigenvalue weighted by molar-refractivity contribution is 9.10. The zero-order valence-electron chi connectivity index (χ0n) is 7.06. The number of ether oxygens (including phenoxy) is 2. The predicted octanol–water partition coefficient (Wildman–Crippen LogP) is 3.39. The third-order valence-electron chi connectivity index (χ3n) is 2.00. The lowest BCUT2D eigenvalue weighted by Crippen LogP contribution is -1.94. The molecule has 1 heterocycles. The van der Waals surface area contributed by atoms with E-state index in [2.05, 4.69) is 22.9 Å². The Morgan fingerprint density at radius 1 is 1.54 bits per heavy atom. The fourth-order valence-electron chi connectivity index (χ4n) is 1.37. The minimum atomic E-state index is 0.287. The van der Waals surface area contributed by atoms with Crippen molar-refractivity contribution in [3.63, 3.8) is 0 Å². The maximum atomic E-state index is 5.99. The van der Waals surface area contributed by atoms with Crippen molar-refractivity contribution in [2.24, 2.45) is 0 Å². The standard InChI is InChI=1S/C9H8BrClO2/c1-2-5-8(10)6(11)3-7-9(5)13-4-12-7/h3H,2,4H2,1H3. The third-order valence-corrected chi connectivity index (χ3v) is 3.43. The van der Waals surface area contributed by atoms with E-state index in [1.807, 2.05) is 0 Å². The van der Waals surface area contributed by atoms with Gasteiger partial charge < -0.3 is 9.47 Å². The van der Waals surface area contributed by atoms with Gasteiger partial charge in [0.15, 0.2) is 11.5 Å². The van der Waals surface area contributed by atoms with E-state index in [9.17, 15) is 0 Å². The van der Waals surface area contributed by atoms with Crippen molar-refractivity contribution < 1.29 is 9.47 Å². The van der Waals surface area contributed by atoms with E-state index in [0.29, 0.717) is 5.02 Å². The molecule has 70 valence electrons.